The maximum Gasteiger partial charge on any atom is 0.308 e. The van der Waals surface area contributed by atoms with Crippen LogP contribution in [0.15, 0.2) is 41.5 Å². The summed E-state index contributed by atoms with van der Waals surface area (Å²) in [5.74, 6) is 1.69. The first-order valence-corrected chi connectivity index (χ1v) is 13.6. The van der Waals surface area contributed by atoms with E-state index in [2.05, 4.69) is 37.8 Å². The Bertz CT molecular complexity index is 939. The number of carbonyl (C=O) groups is 1. The summed E-state index contributed by atoms with van der Waals surface area (Å²) in [4.78, 5) is 14.4. The van der Waals surface area contributed by atoms with E-state index in [9.17, 15) is 4.79 Å². The van der Waals surface area contributed by atoms with Gasteiger partial charge in [-0.25, -0.2) is 0 Å². The Kier molecular flexibility index (Phi) is 8.17. The molecule has 1 heterocycles. The second-order valence-electron chi connectivity index (χ2n) is 11.0. The minimum absolute atomic E-state index is 0.0245. The number of hydrogen-bond acceptors (Lipinski definition) is 3. The average molecular weight is 505 g/mol. The van der Waals surface area contributed by atoms with Gasteiger partial charge in [-0.05, 0) is 107 Å². The van der Waals surface area contributed by atoms with Gasteiger partial charge in [-0.1, -0.05) is 59.5 Å². The zero-order valence-corrected chi connectivity index (χ0v) is 22.6. The first-order valence-electron chi connectivity index (χ1n) is 12.9. The van der Waals surface area contributed by atoms with E-state index in [1.165, 1.54) is 31.9 Å². The summed E-state index contributed by atoms with van der Waals surface area (Å²) < 4.78 is 4.96. The molecule has 186 valence electrons. The summed E-state index contributed by atoms with van der Waals surface area (Å²) in [5.41, 5.74) is 4.27. The van der Waals surface area contributed by atoms with Crippen LogP contribution < -0.4 is 0 Å². The van der Waals surface area contributed by atoms with Crippen LogP contribution in [0.5, 0.6) is 0 Å². The molecular formula is C29H39Cl2NO2. The second kappa shape index (κ2) is 10.8. The molecule has 3 aliphatic rings. The number of rotatable bonds is 6. The third-order valence-electron chi connectivity index (χ3n) is 8.95. The predicted octanol–water partition coefficient (Wildman–Crippen LogP) is 7.82. The van der Waals surface area contributed by atoms with Crippen molar-refractivity contribution >= 4 is 29.2 Å². The van der Waals surface area contributed by atoms with Gasteiger partial charge in [0.1, 0.15) is 0 Å². The molecule has 0 N–H and O–H groups in total. The Morgan fingerprint density at radius 3 is 2.32 bits per heavy atom. The SMILES string of the molecule is COC(=O)C1CCN(C(C)(C)C2=CC=C(C3CCC(C(C)c4c(Cl)cccc4Cl)C3)CC2)CC1. The summed E-state index contributed by atoms with van der Waals surface area (Å²) in [7, 11) is 1.49. The van der Waals surface area contributed by atoms with E-state index in [-0.39, 0.29) is 17.4 Å². The van der Waals surface area contributed by atoms with Crippen molar-refractivity contribution < 1.29 is 9.53 Å². The highest BCUT2D eigenvalue weighted by molar-refractivity contribution is 6.36. The zero-order chi connectivity index (χ0) is 24.5. The lowest BCUT2D eigenvalue weighted by atomic mass is 9.79. The van der Waals surface area contributed by atoms with E-state index in [0.717, 1.165) is 54.4 Å². The number of nitrogens with zero attached hydrogens (tertiary/aromatic N) is 1. The number of methoxy groups -OCH3 is 1. The monoisotopic (exact) mass is 503 g/mol. The third kappa shape index (κ3) is 5.27. The lowest BCUT2D eigenvalue weighted by molar-refractivity contribution is -0.147. The molecule has 3 atom stereocenters. The standard InChI is InChI=1S/C29H39Cl2NO2/c1-19(27-25(30)6-5-7-26(27)31)22-8-9-23(18-22)20-10-12-24(13-11-20)29(2,3)32-16-14-21(15-17-32)28(33)34-4/h5-7,10,12,19,21-23H,8-9,11,13-18H2,1-4H3. The van der Waals surface area contributed by atoms with Gasteiger partial charge >= 0.3 is 5.97 Å². The number of esters is 1. The highest BCUT2D eigenvalue weighted by Crippen LogP contribution is 2.47. The van der Waals surface area contributed by atoms with Crippen molar-refractivity contribution in [1.29, 1.82) is 0 Å². The largest absolute Gasteiger partial charge is 0.469 e. The van der Waals surface area contributed by atoms with Gasteiger partial charge in [-0.15, -0.1) is 0 Å². The quantitative estimate of drug-likeness (QED) is 0.370. The molecule has 1 aromatic carbocycles. The Balaban J connectivity index is 1.38. The fourth-order valence-electron chi connectivity index (χ4n) is 6.54. The molecule has 0 bridgehead atoms. The van der Waals surface area contributed by atoms with Crippen LogP contribution in [0, 0.1) is 17.8 Å². The van der Waals surface area contributed by atoms with Crippen LogP contribution in [-0.4, -0.2) is 36.6 Å². The number of piperidine rings is 1. The van der Waals surface area contributed by atoms with Crippen molar-refractivity contribution in [2.45, 2.75) is 77.2 Å². The number of likely N-dealkylation sites (tertiary alicyclic amines) is 1. The van der Waals surface area contributed by atoms with E-state index in [1.807, 2.05) is 18.2 Å². The molecule has 34 heavy (non-hydrogen) atoms. The summed E-state index contributed by atoms with van der Waals surface area (Å²) in [6, 6.07) is 5.85. The predicted molar refractivity (Wildman–Crippen MR) is 141 cm³/mol. The first kappa shape index (κ1) is 25.8. The van der Waals surface area contributed by atoms with Crippen LogP contribution in [0.3, 0.4) is 0 Å². The molecule has 0 radical (unpaired) electrons. The maximum atomic E-state index is 11.9. The summed E-state index contributed by atoms with van der Waals surface area (Å²) in [5, 5.41) is 1.59. The molecule has 0 spiro atoms. The van der Waals surface area contributed by atoms with Gasteiger partial charge in [-0.3, -0.25) is 9.69 Å². The number of allylic oxidation sites excluding steroid dienone is 3. The fourth-order valence-corrected chi connectivity index (χ4v) is 7.28. The van der Waals surface area contributed by atoms with E-state index in [4.69, 9.17) is 27.9 Å². The molecular weight excluding hydrogens is 465 g/mol. The number of carbonyl (C=O) groups excluding carboxylic acids is 1. The molecule has 0 aromatic heterocycles. The summed E-state index contributed by atoms with van der Waals surface area (Å²) in [6.45, 7) is 8.88. The summed E-state index contributed by atoms with van der Waals surface area (Å²) in [6.07, 6.45) is 12.6. The van der Waals surface area contributed by atoms with Crippen molar-refractivity contribution in [1.82, 2.24) is 4.90 Å². The van der Waals surface area contributed by atoms with Crippen molar-refractivity contribution in [2.75, 3.05) is 20.2 Å². The van der Waals surface area contributed by atoms with Crippen molar-refractivity contribution in [2.24, 2.45) is 17.8 Å². The zero-order valence-electron chi connectivity index (χ0n) is 21.1. The lowest BCUT2D eigenvalue weighted by Crippen LogP contribution is -2.50. The van der Waals surface area contributed by atoms with Crippen molar-refractivity contribution in [3.63, 3.8) is 0 Å². The average Bonchev–Trinajstić information content (AvgIpc) is 3.34. The topological polar surface area (TPSA) is 29.5 Å². The molecule has 5 heteroatoms. The molecule has 2 fully saturated rings. The fraction of sp³-hybridized carbons (Fsp3) is 0.621. The van der Waals surface area contributed by atoms with Crippen LogP contribution in [-0.2, 0) is 9.53 Å². The van der Waals surface area contributed by atoms with Crippen LogP contribution in [0.2, 0.25) is 10.0 Å². The van der Waals surface area contributed by atoms with E-state index < -0.39 is 0 Å². The van der Waals surface area contributed by atoms with Gasteiger partial charge in [0, 0.05) is 15.6 Å². The Morgan fingerprint density at radius 2 is 1.74 bits per heavy atom. The van der Waals surface area contributed by atoms with Gasteiger partial charge in [0.05, 0.1) is 13.0 Å². The first-order chi connectivity index (χ1) is 16.2. The molecule has 1 saturated carbocycles. The Morgan fingerprint density at radius 1 is 1.06 bits per heavy atom. The van der Waals surface area contributed by atoms with Crippen LogP contribution in [0.4, 0.5) is 0 Å². The number of hydrogen-bond donors (Lipinski definition) is 0. The Labute approximate surface area is 215 Å². The molecule has 3 nitrogen and oxygen atoms in total. The molecule has 1 saturated heterocycles. The molecule has 4 rings (SSSR count). The van der Waals surface area contributed by atoms with Gasteiger partial charge in [0.15, 0.2) is 0 Å². The minimum Gasteiger partial charge on any atom is -0.469 e. The second-order valence-corrected chi connectivity index (χ2v) is 11.8. The summed E-state index contributed by atoms with van der Waals surface area (Å²) >= 11 is 13.0. The van der Waals surface area contributed by atoms with E-state index in [0.29, 0.717) is 17.8 Å². The number of halogens is 2. The highest BCUT2D eigenvalue weighted by Gasteiger charge is 2.37. The maximum absolute atomic E-state index is 11.9. The van der Waals surface area contributed by atoms with Crippen LogP contribution in [0.1, 0.15) is 77.2 Å². The molecule has 0 amide bonds. The lowest BCUT2D eigenvalue weighted by Gasteiger charge is -2.44. The molecule has 1 aliphatic heterocycles. The van der Waals surface area contributed by atoms with Crippen LogP contribution in [0.25, 0.3) is 0 Å². The third-order valence-corrected chi connectivity index (χ3v) is 9.61. The van der Waals surface area contributed by atoms with Gasteiger partial charge in [0.2, 0.25) is 0 Å². The smallest absolute Gasteiger partial charge is 0.308 e. The van der Waals surface area contributed by atoms with E-state index >= 15 is 0 Å². The van der Waals surface area contributed by atoms with E-state index in [1.54, 1.807) is 5.57 Å². The molecule has 3 unspecified atom stereocenters. The minimum atomic E-state index is -0.0529. The Hall–Kier alpha value is -1.29. The van der Waals surface area contributed by atoms with Gasteiger partial charge < -0.3 is 4.74 Å². The normalized spacial score (nSPS) is 25.6. The van der Waals surface area contributed by atoms with Crippen molar-refractivity contribution in [3.8, 4) is 0 Å². The van der Waals surface area contributed by atoms with Crippen molar-refractivity contribution in [3.05, 3.63) is 57.1 Å². The van der Waals surface area contributed by atoms with Gasteiger partial charge in [0.25, 0.3) is 0 Å². The molecule has 2 aliphatic carbocycles. The van der Waals surface area contributed by atoms with Gasteiger partial charge in [-0.2, -0.15) is 0 Å². The number of benzene rings is 1. The van der Waals surface area contributed by atoms with Crippen LogP contribution >= 0.6 is 23.2 Å². The number of ether oxygens (including phenoxy) is 1. The highest BCUT2D eigenvalue weighted by atomic mass is 35.5. The molecule has 1 aromatic rings.